The largest absolute Gasteiger partial charge is 0.444 e. The molecule has 3 amide bonds. The number of likely N-dealkylation sites (tertiary alicyclic amines) is 2. The van der Waals surface area contributed by atoms with Crippen molar-refractivity contribution in [2.24, 2.45) is 5.92 Å². The Morgan fingerprint density at radius 1 is 1.00 bits per heavy atom. The predicted molar refractivity (Wildman–Crippen MR) is 89.4 cm³/mol. The molecule has 1 N–H and O–H groups in total. The van der Waals surface area contributed by atoms with Gasteiger partial charge in [-0.25, -0.2) is 4.79 Å². The van der Waals surface area contributed by atoms with Gasteiger partial charge in [-0.15, -0.1) is 0 Å². The third kappa shape index (κ3) is 5.39. The summed E-state index contributed by atoms with van der Waals surface area (Å²) in [4.78, 5) is 39.8. The molecule has 0 aromatic carbocycles. The minimum Gasteiger partial charge on any atom is -0.444 e. The molecule has 0 aromatic rings. The maximum absolute atomic E-state index is 12.4. The van der Waals surface area contributed by atoms with Crippen molar-refractivity contribution in [2.75, 3.05) is 32.7 Å². The van der Waals surface area contributed by atoms with Crippen molar-refractivity contribution in [1.82, 2.24) is 15.1 Å². The number of carbonyl (C=O) groups is 3. The van der Waals surface area contributed by atoms with Crippen LogP contribution in [-0.2, 0) is 14.3 Å². The van der Waals surface area contributed by atoms with Crippen molar-refractivity contribution < 1.29 is 19.1 Å². The maximum atomic E-state index is 12.4. The van der Waals surface area contributed by atoms with Gasteiger partial charge in [-0.1, -0.05) is 0 Å². The van der Waals surface area contributed by atoms with Crippen LogP contribution in [0.1, 0.15) is 46.5 Å². The lowest BCUT2D eigenvalue weighted by Gasteiger charge is -2.33. The fraction of sp³-hybridized carbons (Fsp3) is 0.824. The van der Waals surface area contributed by atoms with Crippen LogP contribution in [0.25, 0.3) is 0 Å². The summed E-state index contributed by atoms with van der Waals surface area (Å²) in [7, 11) is 0. The highest BCUT2D eigenvalue weighted by Crippen LogP contribution is 2.22. The van der Waals surface area contributed by atoms with Gasteiger partial charge in [0.15, 0.2) is 0 Å². The molecule has 0 atom stereocenters. The molecule has 7 heteroatoms. The second kappa shape index (κ2) is 7.85. The molecular weight excluding hydrogens is 310 g/mol. The van der Waals surface area contributed by atoms with Gasteiger partial charge in [-0.3, -0.25) is 9.59 Å². The van der Waals surface area contributed by atoms with Crippen molar-refractivity contribution in [3.63, 3.8) is 0 Å². The number of piperidine rings is 1. The predicted octanol–water partition coefficient (Wildman–Crippen LogP) is 1.37. The fourth-order valence-corrected chi connectivity index (χ4v) is 3.15. The lowest BCUT2D eigenvalue weighted by atomic mass is 9.95. The van der Waals surface area contributed by atoms with E-state index in [1.807, 2.05) is 4.90 Å². The zero-order valence-electron chi connectivity index (χ0n) is 15.0. The summed E-state index contributed by atoms with van der Waals surface area (Å²) in [6.45, 7) is 8.14. The fourth-order valence-electron chi connectivity index (χ4n) is 3.15. The Labute approximate surface area is 143 Å². The van der Waals surface area contributed by atoms with E-state index < -0.39 is 11.7 Å². The summed E-state index contributed by atoms with van der Waals surface area (Å²) in [5.41, 5.74) is -0.582. The third-order valence-electron chi connectivity index (χ3n) is 4.40. The summed E-state index contributed by atoms with van der Waals surface area (Å²) >= 11 is 0. The Morgan fingerprint density at radius 3 is 2.12 bits per heavy atom. The first-order valence-electron chi connectivity index (χ1n) is 8.80. The number of rotatable bonds is 3. The zero-order chi connectivity index (χ0) is 17.7. The number of amides is 3. The number of alkyl carbamates (subject to hydrolysis) is 1. The van der Waals surface area contributed by atoms with Crippen LogP contribution < -0.4 is 5.32 Å². The van der Waals surface area contributed by atoms with Gasteiger partial charge in [-0.2, -0.15) is 0 Å². The minimum absolute atomic E-state index is 0.0333. The average Bonchev–Trinajstić information content (AvgIpc) is 3.05. The highest BCUT2D eigenvalue weighted by molar-refractivity contribution is 5.83. The van der Waals surface area contributed by atoms with E-state index in [1.54, 1.807) is 25.7 Å². The zero-order valence-corrected chi connectivity index (χ0v) is 15.0. The van der Waals surface area contributed by atoms with Gasteiger partial charge in [0, 0.05) is 32.1 Å². The van der Waals surface area contributed by atoms with Gasteiger partial charge >= 0.3 is 6.09 Å². The molecule has 0 aliphatic carbocycles. The van der Waals surface area contributed by atoms with Crippen LogP contribution in [0.15, 0.2) is 0 Å². The van der Waals surface area contributed by atoms with Crippen molar-refractivity contribution in [1.29, 1.82) is 0 Å². The summed E-state index contributed by atoms with van der Waals surface area (Å²) in [5, 5.41) is 2.49. The van der Waals surface area contributed by atoms with E-state index in [-0.39, 0.29) is 24.3 Å². The molecule has 136 valence electrons. The first kappa shape index (κ1) is 18.5. The molecule has 7 nitrogen and oxygen atoms in total. The molecule has 0 aromatic heterocycles. The lowest BCUT2D eigenvalue weighted by molar-refractivity contribution is -0.139. The molecule has 0 spiro atoms. The molecule has 2 heterocycles. The van der Waals surface area contributed by atoms with Crippen LogP contribution in [0.5, 0.6) is 0 Å². The SMILES string of the molecule is CC(C)(C)OC(=O)NCC(=O)N1CCC(C(=O)N2CCCC2)CC1. The molecule has 24 heavy (non-hydrogen) atoms. The smallest absolute Gasteiger partial charge is 0.408 e. The molecule has 0 unspecified atom stereocenters. The van der Waals surface area contributed by atoms with E-state index in [9.17, 15) is 14.4 Å². The van der Waals surface area contributed by atoms with E-state index in [2.05, 4.69) is 5.32 Å². The highest BCUT2D eigenvalue weighted by Gasteiger charge is 2.31. The average molecular weight is 339 g/mol. The molecule has 2 aliphatic rings. The van der Waals surface area contributed by atoms with Crippen molar-refractivity contribution >= 4 is 17.9 Å². The lowest BCUT2D eigenvalue weighted by Crippen LogP contribution is -2.47. The summed E-state index contributed by atoms with van der Waals surface area (Å²) in [6.07, 6.45) is 3.01. The Hall–Kier alpha value is -1.79. The van der Waals surface area contributed by atoms with Crippen molar-refractivity contribution in [2.45, 2.75) is 52.1 Å². The monoisotopic (exact) mass is 339 g/mol. The van der Waals surface area contributed by atoms with Crippen molar-refractivity contribution in [3.05, 3.63) is 0 Å². The molecule has 2 rings (SSSR count). The van der Waals surface area contributed by atoms with Gasteiger partial charge in [0.05, 0.1) is 0 Å². The van der Waals surface area contributed by atoms with Crippen LogP contribution in [-0.4, -0.2) is 66.0 Å². The second-order valence-corrected chi connectivity index (χ2v) is 7.54. The number of carbonyl (C=O) groups excluding carboxylic acids is 3. The van der Waals surface area contributed by atoms with Gasteiger partial charge in [0.1, 0.15) is 12.1 Å². The van der Waals surface area contributed by atoms with E-state index in [0.717, 1.165) is 25.9 Å². The van der Waals surface area contributed by atoms with Crippen LogP contribution in [0.2, 0.25) is 0 Å². The van der Waals surface area contributed by atoms with Crippen LogP contribution >= 0.6 is 0 Å². The summed E-state index contributed by atoms with van der Waals surface area (Å²) in [5.74, 6) is 0.144. The Kier molecular flexibility index (Phi) is 6.07. The molecule has 0 saturated carbocycles. The van der Waals surface area contributed by atoms with E-state index >= 15 is 0 Å². The third-order valence-corrected chi connectivity index (χ3v) is 4.40. The van der Waals surface area contributed by atoms with E-state index in [0.29, 0.717) is 25.9 Å². The highest BCUT2D eigenvalue weighted by atomic mass is 16.6. The van der Waals surface area contributed by atoms with Crippen LogP contribution in [0, 0.1) is 5.92 Å². The quantitative estimate of drug-likeness (QED) is 0.842. The number of hydrogen-bond donors (Lipinski definition) is 1. The Balaban J connectivity index is 1.70. The Bertz CT molecular complexity index is 473. The van der Waals surface area contributed by atoms with E-state index in [1.165, 1.54) is 0 Å². The molecule has 0 radical (unpaired) electrons. The van der Waals surface area contributed by atoms with Crippen LogP contribution in [0.3, 0.4) is 0 Å². The standard InChI is InChI=1S/C17H29N3O4/c1-17(2,3)24-16(23)18-12-14(21)19-10-6-13(7-11-19)15(22)20-8-4-5-9-20/h13H,4-12H2,1-3H3,(H,18,23). The molecule has 2 saturated heterocycles. The number of hydrogen-bond acceptors (Lipinski definition) is 4. The first-order valence-corrected chi connectivity index (χ1v) is 8.80. The maximum Gasteiger partial charge on any atom is 0.408 e. The van der Waals surface area contributed by atoms with Crippen LogP contribution in [0.4, 0.5) is 4.79 Å². The molecular formula is C17H29N3O4. The van der Waals surface area contributed by atoms with E-state index in [4.69, 9.17) is 4.74 Å². The number of nitrogens with one attached hydrogen (secondary N) is 1. The van der Waals surface area contributed by atoms with Gasteiger partial charge in [0.2, 0.25) is 11.8 Å². The molecule has 2 fully saturated rings. The summed E-state index contributed by atoms with van der Waals surface area (Å²) in [6, 6.07) is 0. The number of nitrogens with zero attached hydrogens (tertiary/aromatic N) is 2. The number of ether oxygens (including phenoxy) is 1. The molecule has 0 bridgehead atoms. The topological polar surface area (TPSA) is 79.0 Å². The first-order chi connectivity index (χ1) is 11.3. The van der Waals surface area contributed by atoms with Crippen molar-refractivity contribution in [3.8, 4) is 0 Å². The minimum atomic E-state index is -0.588. The Morgan fingerprint density at radius 2 is 1.58 bits per heavy atom. The second-order valence-electron chi connectivity index (χ2n) is 7.54. The van der Waals surface area contributed by atoms with Gasteiger partial charge in [0.25, 0.3) is 0 Å². The summed E-state index contributed by atoms with van der Waals surface area (Å²) < 4.78 is 5.11. The van der Waals surface area contributed by atoms with Gasteiger partial charge in [-0.05, 0) is 46.5 Å². The molecule has 2 aliphatic heterocycles. The van der Waals surface area contributed by atoms with Gasteiger partial charge < -0.3 is 19.9 Å². The normalized spacial score (nSPS) is 19.3.